The number of nitrogens with two attached hydrogens (primary N) is 1. The fourth-order valence-corrected chi connectivity index (χ4v) is 2.46. The Morgan fingerprint density at radius 1 is 1.53 bits per heavy atom. The molecule has 0 aromatic heterocycles. The number of hydrogen-bond acceptors (Lipinski definition) is 3. The second-order valence-corrected chi connectivity index (χ2v) is 6.14. The first-order valence-electron chi connectivity index (χ1n) is 6.43. The van der Waals surface area contributed by atoms with Gasteiger partial charge in [0.2, 0.25) is 5.91 Å². The summed E-state index contributed by atoms with van der Waals surface area (Å²) in [6, 6.07) is -0.379. The van der Waals surface area contributed by atoms with Gasteiger partial charge < -0.3 is 15.4 Å². The summed E-state index contributed by atoms with van der Waals surface area (Å²) < 4.78 is 5.78. The number of hydrogen-bond donors (Lipinski definition) is 1. The zero-order valence-electron chi connectivity index (χ0n) is 11.7. The molecule has 1 fully saturated rings. The van der Waals surface area contributed by atoms with Gasteiger partial charge in [-0.05, 0) is 33.1 Å². The van der Waals surface area contributed by atoms with Crippen molar-refractivity contribution in [3.05, 3.63) is 0 Å². The maximum absolute atomic E-state index is 12.2. The Hall–Kier alpha value is -0.610. The van der Waals surface area contributed by atoms with Crippen LogP contribution >= 0.6 is 0 Å². The maximum atomic E-state index is 12.2. The molecule has 0 radical (unpaired) electrons. The minimum absolute atomic E-state index is 0.0573. The van der Waals surface area contributed by atoms with Crippen molar-refractivity contribution >= 4 is 5.91 Å². The second-order valence-electron chi connectivity index (χ2n) is 6.14. The Bertz CT molecular complexity index is 277. The number of carbonyl (C=O) groups excluding carboxylic acids is 1. The topological polar surface area (TPSA) is 55.6 Å². The van der Waals surface area contributed by atoms with Crippen LogP contribution in [0, 0.1) is 5.92 Å². The van der Waals surface area contributed by atoms with Crippen LogP contribution in [-0.4, -0.2) is 41.6 Å². The Morgan fingerprint density at radius 3 is 2.59 bits per heavy atom. The monoisotopic (exact) mass is 242 g/mol. The summed E-state index contributed by atoms with van der Waals surface area (Å²) in [5.41, 5.74) is 5.68. The normalized spacial score (nSPS) is 26.1. The molecular formula is C13H26N2O2. The van der Waals surface area contributed by atoms with Gasteiger partial charge in [-0.25, -0.2) is 0 Å². The lowest BCUT2D eigenvalue weighted by molar-refractivity contribution is -0.159. The molecule has 1 unspecified atom stereocenters. The molecule has 1 aliphatic rings. The van der Waals surface area contributed by atoms with Crippen molar-refractivity contribution in [3.8, 4) is 0 Å². The van der Waals surface area contributed by atoms with Gasteiger partial charge in [-0.3, -0.25) is 4.79 Å². The van der Waals surface area contributed by atoms with Crippen LogP contribution in [0.1, 0.15) is 41.0 Å². The second kappa shape index (κ2) is 5.36. The van der Waals surface area contributed by atoms with Crippen LogP contribution in [-0.2, 0) is 9.53 Å². The average molecular weight is 242 g/mol. The molecule has 2 atom stereocenters. The first kappa shape index (κ1) is 14.5. The highest BCUT2D eigenvalue weighted by Gasteiger charge is 2.35. The molecule has 4 nitrogen and oxygen atoms in total. The van der Waals surface area contributed by atoms with Crippen molar-refractivity contribution in [1.82, 2.24) is 4.90 Å². The van der Waals surface area contributed by atoms with Crippen molar-refractivity contribution in [3.63, 3.8) is 0 Å². The van der Waals surface area contributed by atoms with Crippen LogP contribution in [0.5, 0.6) is 0 Å². The van der Waals surface area contributed by atoms with E-state index in [0.29, 0.717) is 19.0 Å². The van der Waals surface area contributed by atoms with E-state index in [-0.39, 0.29) is 23.7 Å². The first-order chi connectivity index (χ1) is 7.71. The maximum Gasteiger partial charge on any atom is 0.239 e. The summed E-state index contributed by atoms with van der Waals surface area (Å²) in [6.45, 7) is 11.5. The zero-order chi connectivity index (χ0) is 13.2. The molecule has 1 heterocycles. The molecule has 0 spiro atoms. The molecule has 4 heteroatoms. The third-order valence-corrected chi connectivity index (χ3v) is 2.92. The highest BCUT2D eigenvalue weighted by Crippen LogP contribution is 2.21. The summed E-state index contributed by atoms with van der Waals surface area (Å²) >= 11 is 0. The van der Waals surface area contributed by atoms with Crippen molar-refractivity contribution in [1.29, 1.82) is 0 Å². The molecule has 1 aliphatic heterocycles. The van der Waals surface area contributed by atoms with Gasteiger partial charge in [0.05, 0.1) is 17.7 Å². The van der Waals surface area contributed by atoms with E-state index in [1.165, 1.54) is 0 Å². The zero-order valence-corrected chi connectivity index (χ0v) is 11.7. The summed E-state index contributed by atoms with van der Waals surface area (Å²) in [5, 5.41) is 0. The molecule has 17 heavy (non-hydrogen) atoms. The van der Waals surface area contributed by atoms with E-state index < -0.39 is 0 Å². The first-order valence-corrected chi connectivity index (χ1v) is 6.43. The van der Waals surface area contributed by atoms with Gasteiger partial charge in [0, 0.05) is 13.1 Å². The van der Waals surface area contributed by atoms with E-state index in [9.17, 15) is 4.79 Å². The van der Waals surface area contributed by atoms with E-state index in [2.05, 4.69) is 13.8 Å². The minimum atomic E-state index is -0.379. The Kier molecular flexibility index (Phi) is 4.55. The Morgan fingerprint density at radius 2 is 2.12 bits per heavy atom. The smallest absolute Gasteiger partial charge is 0.239 e. The SMILES string of the molecule is CC(C)C[C@@H](N)C(=O)N1CC(C)OC(C)(C)C1. The van der Waals surface area contributed by atoms with Gasteiger partial charge in [-0.1, -0.05) is 13.8 Å². The molecule has 0 saturated carbocycles. The molecule has 2 N–H and O–H groups in total. The predicted octanol–water partition coefficient (Wildman–Crippen LogP) is 1.39. The van der Waals surface area contributed by atoms with E-state index in [1.807, 2.05) is 25.7 Å². The van der Waals surface area contributed by atoms with Crippen molar-refractivity contribution in [2.75, 3.05) is 13.1 Å². The van der Waals surface area contributed by atoms with Gasteiger partial charge in [0.25, 0.3) is 0 Å². The standard InChI is InChI=1S/C13H26N2O2/c1-9(2)6-11(14)12(16)15-7-10(3)17-13(4,5)8-15/h9-11H,6-8,14H2,1-5H3/t10?,11-/m1/s1. The molecule has 0 aliphatic carbocycles. The van der Waals surface area contributed by atoms with Crippen LogP contribution in [0.4, 0.5) is 0 Å². The average Bonchev–Trinajstić information content (AvgIpc) is 2.12. The fraction of sp³-hybridized carbons (Fsp3) is 0.923. The van der Waals surface area contributed by atoms with Crippen LogP contribution in [0.3, 0.4) is 0 Å². The molecule has 0 aromatic carbocycles. The number of ether oxygens (including phenoxy) is 1. The summed E-state index contributed by atoms with van der Waals surface area (Å²) in [6.07, 6.45) is 0.819. The third-order valence-electron chi connectivity index (χ3n) is 2.92. The van der Waals surface area contributed by atoms with Crippen molar-refractivity contribution in [2.45, 2.75) is 58.8 Å². The van der Waals surface area contributed by atoms with Crippen LogP contribution in [0.2, 0.25) is 0 Å². The molecular weight excluding hydrogens is 216 g/mol. The van der Waals surface area contributed by atoms with E-state index in [1.54, 1.807) is 0 Å². The molecule has 100 valence electrons. The van der Waals surface area contributed by atoms with Gasteiger partial charge in [0.15, 0.2) is 0 Å². The van der Waals surface area contributed by atoms with Crippen LogP contribution in [0.15, 0.2) is 0 Å². The fourth-order valence-electron chi connectivity index (χ4n) is 2.46. The van der Waals surface area contributed by atoms with Crippen molar-refractivity contribution < 1.29 is 9.53 Å². The van der Waals surface area contributed by atoms with Gasteiger partial charge in [0.1, 0.15) is 0 Å². The lowest BCUT2D eigenvalue weighted by atomic mass is 10.0. The predicted molar refractivity (Wildman–Crippen MR) is 68.6 cm³/mol. The largest absolute Gasteiger partial charge is 0.369 e. The van der Waals surface area contributed by atoms with E-state index >= 15 is 0 Å². The van der Waals surface area contributed by atoms with Gasteiger partial charge in [-0.2, -0.15) is 0 Å². The molecule has 0 aromatic rings. The number of nitrogens with zero attached hydrogens (tertiary/aromatic N) is 1. The molecule has 0 bridgehead atoms. The van der Waals surface area contributed by atoms with E-state index in [0.717, 1.165) is 6.42 Å². The molecule has 1 saturated heterocycles. The molecule has 1 amide bonds. The lowest BCUT2D eigenvalue weighted by Gasteiger charge is -2.42. The lowest BCUT2D eigenvalue weighted by Crippen LogP contribution is -2.57. The summed E-state index contributed by atoms with van der Waals surface area (Å²) in [5.74, 6) is 0.502. The van der Waals surface area contributed by atoms with Gasteiger partial charge >= 0.3 is 0 Å². The van der Waals surface area contributed by atoms with Crippen LogP contribution in [0.25, 0.3) is 0 Å². The van der Waals surface area contributed by atoms with Gasteiger partial charge in [-0.15, -0.1) is 0 Å². The third kappa shape index (κ3) is 4.28. The van der Waals surface area contributed by atoms with Crippen LogP contribution < -0.4 is 5.73 Å². The molecule has 1 rings (SSSR count). The van der Waals surface area contributed by atoms with E-state index in [4.69, 9.17) is 10.5 Å². The summed E-state index contributed by atoms with van der Waals surface area (Å²) in [4.78, 5) is 14.1. The van der Waals surface area contributed by atoms with Crippen molar-refractivity contribution in [2.24, 2.45) is 11.7 Å². The number of rotatable bonds is 3. The Labute approximate surface area is 104 Å². The number of carbonyl (C=O) groups is 1. The highest BCUT2D eigenvalue weighted by atomic mass is 16.5. The number of amides is 1. The Balaban J connectivity index is 2.62. The minimum Gasteiger partial charge on any atom is -0.369 e. The quantitative estimate of drug-likeness (QED) is 0.813. The highest BCUT2D eigenvalue weighted by molar-refractivity contribution is 5.81. The summed E-state index contributed by atoms with van der Waals surface area (Å²) in [7, 11) is 0. The number of morpholine rings is 1.